The molecule has 0 atom stereocenters. The van der Waals surface area contributed by atoms with Crippen LogP contribution in [0.15, 0.2) is 61.3 Å². The number of hydrogen-bond acceptors (Lipinski definition) is 9. The molecule has 2 aromatic heterocycles. The number of nitrogens with zero attached hydrogens (tertiary/aromatic N) is 3. The van der Waals surface area contributed by atoms with Gasteiger partial charge in [0.25, 0.3) is 11.1 Å². The van der Waals surface area contributed by atoms with Gasteiger partial charge in [-0.15, -0.1) is 10.2 Å². The molecule has 0 radical (unpaired) electrons. The summed E-state index contributed by atoms with van der Waals surface area (Å²) in [7, 11) is -3.81. The van der Waals surface area contributed by atoms with Crippen LogP contribution in [0.1, 0.15) is 11.7 Å². The van der Waals surface area contributed by atoms with Gasteiger partial charge in [0.2, 0.25) is 21.8 Å². The molecule has 4 rings (SSSR count). The second-order valence-corrected chi connectivity index (χ2v) is 8.42. The number of rotatable bonds is 5. The van der Waals surface area contributed by atoms with Gasteiger partial charge in [-0.2, -0.15) is 0 Å². The number of carbonyl (C=O) groups excluding carboxylic acids is 2. The topological polar surface area (TPSA) is 150 Å². The van der Waals surface area contributed by atoms with Gasteiger partial charge in [-0.3, -0.25) is 14.5 Å². The molecule has 10 nitrogen and oxygen atoms in total. The van der Waals surface area contributed by atoms with Crippen LogP contribution < -0.4 is 5.14 Å². The SMILES string of the molecule is NS(=O)(=O)c1ccc(-c2nnc(C=C3SC(=O)N(Cc4ccco4)C3=O)o2)cc1. The Morgan fingerprint density at radius 3 is 2.55 bits per heavy atom. The predicted molar refractivity (Wildman–Crippen MR) is 101 cm³/mol. The highest BCUT2D eigenvalue weighted by atomic mass is 32.2. The average Bonchev–Trinajstić information content (AvgIpc) is 3.40. The van der Waals surface area contributed by atoms with Gasteiger partial charge in [-0.25, -0.2) is 13.6 Å². The van der Waals surface area contributed by atoms with E-state index in [-0.39, 0.29) is 28.1 Å². The first-order chi connectivity index (χ1) is 13.8. The van der Waals surface area contributed by atoms with Crippen molar-refractivity contribution in [2.45, 2.75) is 11.4 Å². The molecular weight excluding hydrogens is 420 g/mol. The number of imide groups is 1. The summed E-state index contributed by atoms with van der Waals surface area (Å²) >= 11 is 0.757. The maximum absolute atomic E-state index is 12.5. The molecule has 0 bridgehead atoms. The van der Waals surface area contributed by atoms with Gasteiger partial charge in [0.1, 0.15) is 5.76 Å². The third-order valence-corrected chi connectivity index (χ3v) is 5.73. The lowest BCUT2D eigenvalue weighted by molar-refractivity contribution is -0.123. The molecule has 2 amide bonds. The monoisotopic (exact) mass is 432 g/mol. The molecule has 1 fully saturated rings. The van der Waals surface area contributed by atoms with Gasteiger partial charge in [0, 0.05) is 11.6 Å². The fraction of sp³-hybridized carbons (Fsp3) is 0.0588. The molecule has 2 N–H and O–H groups in total. The highest BCUT2D eigenvalue weighted by Crippen LogP contribution is 2.33. The lowest BCUT2D eigenvalue weighted by Crippen LogP contribution is -2.27. The molecule has 29 heavy (non-hydrogen) atoms. The smallest absolute Gasteiger partial charge is 0.293 e. The summed E-state index contributed by atoms with van der Waals surface area (Å²) < 4.78 is 33.3. The second-order valence-electron chi connectivity index (χ2n) is 5.86. The maximum atomic E-state index is 12.5. The van der Waals surface area contributed by atoms with E-state index in [1.807, 2.05) is 0 Å². The van der Waals surface area contributed by atoms with E-state index in [1.165, 1.54) is 36.6 Å². The normalized spacial score (nSPS) is 16.2. The minimum Gasteiger partial charge on any atom is -0.467 e. The number of benzene rings is 1. The fourth-order valence-corrected chi connectivity index (χ4v) is 3.82. The number of aromatic nitrogens is 2. The first-order valence-electron chi connectivity index (χ1n) is 8.06. The van der Waals surface area contributed by atoms with Crippen LogP contribution in [0.5, 0.6) is 0 Å². The van der Waals surface area contributed by atoms with Gasteiger partial charge in [-0.05, 0) is 48.2 Å². The van der Waals surface area contributed by atoms with Crippen LogP contribution in [0.3, 0.4) is 0 Å². The van der Waals surface area contributed by atoms with E-state index in [0.29, 0.717) is 11.3 Å². The first-order valence-corrected chi connectivity index (χ1v) is 10.4. The van der Waals surface area contributed by atoms with E-state index < -0.39 is 21.2 Å². The molecule has 148 valence electrons. The summed E-state index contributed by atoms with van der Waals surface area (Å²) in [4.78, 5) is 25.7. The van der Waals surface area contributed by atoms with Crippen LogP contribution >= 0.6 is 11.8 Å². The minimum atomic E-state index is -3.81. The number of sulfonamides is 1. The zero-order chi connectivity index (χ0) is 20.6. The van der Waals surface area contributed by atoms with Crippen molar-refractivity contribution in [1.29, 1.82) is 0 Å². The van der Waals surface area contributed by atoms with E-state index >= 15 is 0 Å². The lowest BCUT2D eigenvalue weighted by atomic mass is 10.2. The zero-order valence-corrected chi connectivity index (χ0v) is 16.1. The molecular formula is C17H12N4O6S2. The highest BCUT2D eigenvalue weighted by molar-refractivity contribution is 8.18. The van der Waals surface area contributed by atoms with E-state index in [9.17, 15) is 18.0 Å². The van der Waals surface area contributed by atoms with Gasteiger partial charge in [0.15, 0.2) is 0 Å². The molecule has 3 aromatic rings. The number of primary sulfonamides is 1. The Hall–Kier alpha value is -3.22. The molecule has 1 aromatic carbocycles. The number of thioether (sulfide) groups is 1. The molecule has 1 aliphatic rings. The van der Waals surface area contributed by atoms with Crippen LogP contribution in [0.25, 0.3) is 17.5 Å². The Labute approximate surface area is 168 Å². The summed E-state index contributed by atoms with van der Waals surface area (Å²) in [6.07, 6.45) is 2.78. The van der Waals surface area contributed by atoms with E-state index in [4.69, 9.17) is 14.0 Å². The van der Waals surface area contributed by atoms with Gasteiger partial charge >= 0.3 is 0 Å². The van der Waals surface area contributed by atoms with Gasteiger partial charge in [0.05, 0.1) is 22.6 Å². The Bertz CT molecular complexity index is 1210. The Morgan fingerprint density at radius 2 is 1.90 bits per heavy atom. The number of nitrogens with two attached hydrogens (primary N) is 1. The van der Waals surface area contributed by atoms with Crippen LogP contribution in [-0.2, 0) is 21.4 Å². The Kier molecular flexibility index (Phi) is 4.82. The third-order valence-electron chi connectivity index (χ3n) is 3.89. The van der Waals surface area contributed by atoms with Crippen molar-refractivity contribution >= 4 is 39.0 Å². The standard InChI is InChI=1S/C17H12N4O6S2/c18-29(24,25)12-5-3-10(4-6-12)15-20-19-14(27-15)8-13-16(22)21(17(23)28-13)9-11-2-1-7-26-11/h1-8H,9H2,(H2,18,24,25). The minimum absolute atomic E-state index is 0.0269. The van der Waals surface area contributed by atoms with Crippen molar-refractivity contribution < 1.29 is 26.8 Å². The highest BCUT2D eigenvalue weighted by Gasteiger charge is 2.36. The lowest BCUT2D eigenvalue weighted by Gasteiger charge is -2.09. The molecule has 0 unspecified atom stereocenters. The van der Waals surface area contributed by atoms with Crippen LogP contribution in [0.2, 0.25) is 0 Å². The molecule has 12 heteroatoms. The molecule has 0 saturated carbocycles. The predicted octanol–water partition coefficient (Wildman–Crippen LogP) is 2.21. The van der Waals surface area contributed by atoms with Crippen LogP contribution in [0.4, 0.5) is 4.79 Å². The van der Waals surface area contributed by atoms with Gasteiger partial charge in [-0.1, -0.05) is 0 Å². The number of amides is 2. The van der Waals surface area contributed by atoms with E-state index in [2.05, 4.69) is 10.2 Å². The molecule has 0 spiro atoms. The quantitative estimate of drug-likeness (QED) is 0.599. The molecule has 3 heterocycles. The van der Waals surface area contributed by atoms with Crippen molar-refractivity contribution in [3.05, 3.63) is 59.2 Å². The van der Waals surface area contributed by atoms with Crippen molar-refractivity contribution in [2.24, 2.45) is 5.14 Å². The van der Waals surface area contributed by atoms with Crippen LogP contribution in [-0.4, -0.2) is 34.7 Å². The van der Waals surface area contributed by atoms with Crippen LogP contribution in [0, 0.1) is 0 Å². The average molecular weight is 432 g/mol. The van der Waals surface area contributed by atoms with Gasteiger partial charge < -0.3 is 8.83 Å². The third kappa shape index (κ3) is 3.99. The molecule has 1 aliphatic heterocycles. The largest absolute Gasteiger partial charge is 0.467 e. The molecule has 0 aliphatic carbocycles. The van der Waals surface area contributed by atoms with Crippen molar-refractivity contribution in [2.75, 3.05) is 0 Å². The van der Waals surface area contributed by atoms with Crippen molar-refractivity contribution in [1.82, 2.24) is 15.1 Å². The van der Waals surface area contributed by atoms with E-state index in [0.717, 1.165) is 16.7 Å². The van der Waals surface area contributed by atoms with E-state index in [1.54, 1.807) is 12.1 Å². The Morgan fingerprint density at radius 1 is 1.14 bits per heavy atom. The number of furan rings is 1. The first kappa shape index (κ1) is 19.1. The summed E-state index contributed by atoms with van der Waals surface area (Å²) in [6, 6.07) is 8.89. The van der Waals surface area contributed by atoms with Crippen molar-refractivity contribution in [3.8, 4) is 11.5 Å². The van der Waals surface area contributed by atoms with Crippen molar-refractivity contribution in [3.63, 3.8) is 0 Å². The summed E-state index contributed by atoms with van der Waals surface area (Å²) in [5.74, 6) is 0.135. The maximum Gasteiger partial charge on any atom is 0.293 e. The fourth-order valence-electron chi connectivity index (χ4n) is 2.50. The zero-order valence-electron chi connectivity index (χ0n) is 14.5. The Balaban J connectivity index is 1.53. The number of carbonyl (C=O) groups is 2. The summed E-state index contributed by atoms with van der Waals surface area (Å²) in [5, 5.41) is 12.3. The molecule has 1 saturated heterocycles. The summed E-state index contributed by atoms with van der Waals surface area (Å²) in [5.41, 5.74) is 0.468. The second kappa shape index (κ2) is 7.31. The summed E-state index contributed by atoms with van der Waals surface area (Å²) in [6.45, 7) is 0.0283. The number of hydrogen-bond donors (Lipinski definition) is 1.